The van der Waals surface area contributed by atoms with Crippen LogP contribution < -0.4 is 10.6 Å². The molecule has 0 aliphatic carbocycles. The van der Waals surface area contributed by atoms with Gasteiger partial charge in [-0.25, -0.2) is 0 Å². The molecule has 0 saturated heterocycles. The van der Waals surface area contributed by atoms with Gasteiger partial charge in [-0.05, 0) is 19.1 Å². The van der Waals surface area contributed by atoms with E-state index in [2.05, 4.69) is 20.8 Å². The van der Waals surface area contributed by atoms with Gasteiger partial charge in [0.05, 0.1) is 6.10 Å². The lowest BCUT2D eigenvalue weighted by atomic mass is 10.3. The zero-order valence-electron chi connectivity index (χ0n) is 8.69. The molecule has 1 rings (SSSR count). The Labute approximate surface area is 87.7 Å². The Bertz CT molecular complexity index is 323. The van der Waals surface area contributed by atoms with Crippen LogP contribution in [0.1, 0.15) is 17.4 Å². The fraction of sp³-hybridized carbons (Fsp3) is 0.444. The second-order valence-corrected chi connectivity index (χ2v) is 3.11. The van der Waals surface area contributed by atoms with Gasteiger partial charge in [0.1, 0.15) is 5.82 Å². The third-order valence-electron chi connectivity index (χ3n) is 1.70. The number of rotatable bonds is 4. The lowest BCUT2D eigenvalue weighted by molar-refractivity contribution is 0.0957. The number of aliphatic hydroxyl groups is 1. The van der Waals surface area contributed by atoms with Gasteiger partial charge >= 0.3 is 0 Å². The van der Waals surface area contributed by atoms with E-state index in [1.807, 2.05) is 0 Å². The highest BCUT2D eigenvalue weighted by Crippen LogP contribution is 2.01. The van der Waals surface area contributed by atoms with Crippen molar-refractivity contribution >= 4 is 11.7 Å². The van der Waals surface area contributed by atoms with E-state index in [1.54, 1.807) is 19.1 Å². The maximum absolute atomic E-state index is 11.1. The monoisotopic (exact) mass is 210 g/mol. The second-order valence-electron chi connectivity index (χ2n) is 3.11. The van der Waals surface area contributed by atoms with Gasteiger partial charge in [-0.15, -0.1) is 10.2 Å². The van der Waals surface area contributed by atoms with Crippen molar-refractivity contribution in [2.45, 2.75) is 13.0 Å². The molecule has 0 aliphatic heterocycles. The molecular weight excluding hydrogens is 196 g/mol. The van der Waals surface area contributed by atoms with Crippen LogP contribution in [0.4, 0.5) is 5.82 Å². The number of nitrogens with zero attached hydrogens (tertiary/aromatic N) is 2. The summed E-state index contributed by atoms with van der Waals surface area (Å²) in [7, 11) is 1.53. The number of hydrogen-bond acceptors (Lipinski definition) is 5. The number of aliphatic hydroxyl groups excluding tert-OH is 1. The van der Waals surface area contributed by atoms with Crippen molar-refractivity contribution in [3.63, 3.8) is 0 Å². The van der Waals surface area contributed by atoms with Crippen LogP contribution in [-0.2, 0) is 0 Å². The molecule has 0 bridgehead atoms. The molecule has 0 aromatic carbocycles. The predicted molar refractivity (Wildman–Crippen MR) is 55.6 cm³/mol. The molecule has 6 heteroatoms. The second kappa shape index (κ2) is 5.26. The van der Waals surface area contributed by atoms with Gasteiger partial charge in [-0.3, -0.25) is 4.79 Å². The number of amides is 1. The molecule has 1 amide bonds. The summed E-state index contributed by atoms with van der Waals surface area (Å²) in [6.07, 6.45) is -0.453. The van der Waals surface area contributed by atoms with Crippen LogP contribution in [0.15, 0.2) is 12.1 Å². The van der Waals surface area contributed by atoms with Crippen molar-refractivity contribution in [3.8, 4) is 0 Å². The Morgan fingerprint density at radius 2 is 2.27 bits per heavy atom. The summed E-state index contributed by atoms with van der Waals surface area (Å²) >= 11 is 0. The maximum Gasteiger partial charge on any atom is 0.271 e. The fourth-order valence-corrected chi connectivity index (χ4v) is 0.928. The maximum atomic E-state index is 11.1. The van der Waals surface area contributed by atoms with Crippen LogP contribution in [0.2, 0.25) is 0 Å². The summed E-state index contributed by atoms with van der Waals surface area (Å²) in [5, 5.41) is 21.8. The molecule has 0 spiro atoms. The van der Waals surface area contributed by atoms with E-state index in [9.17, 15) is 4.79 Å². The fourth-order valence-electron chi connectivity index (χ4n) is 0.928. The van der Waals surface area contributed by atoms with E-state index in [4.69, 9.17) is 5.11 Å². The van der Waals surface area contributed by atoms with Crippen molar-refractivity contribution in [1.29, 1.82) is 0 Å². The molecule has 15 heavy (non-hydrogen) atoms. The number of anilines is 1. The van der Waals surface area contributed by atoms with Crippen molar-refractivity contribution < 1.29 is 9.90 Å². The highest BCUT2D eigenvalue weighted by atomic mass is 16.3. The van der Waals surface area contributed by atoms with Crippen LogP contribution in [0.5, 0.6) is 0 Å². The molecular formula is C9H14N4O2. The predicted octanol–water partition coefficient (Wildman–Crippen LogP) is -0.371. The first-order chi connectivity index (χ1) is 7.13. The molecule has 1 heterocycles. The Kier molecular flexibility index (Phi) is 3.99. The number of hydrogen-bond donors (Lipinski definition) is 3. The minimum atomic E-state index is -0.453. The highest BCUT2D eigenvalue weighted by molar-refractivity contribution is 5.91. The number of aromatic nitrogens is 2. The molecule has 82 valence electrons. The average molecular weight is 210 g/mol. The van der Waals surface area contributed by atoms with Crippen LogP contribution >= 0.6 is 0 Å². The third-order valence-corrected chi connectivity index (χ3v) is 1.70. The summed E-state index contributed by atoms with van der Waals surface area (Å²) in [5.74, 6) is 0.258. The van der Waals surface area contributed by atoms with Gasteiger partial charge in [0.15, 0.2) is 5.69 Å². The summed E-state index contributed by atoms with van der Waals surface area (Å²) in [4.78, 5) is 11.1. The van der Waals surface area contributed by atoms with Crippen molar-refractivity contribution in [2.24, 2.45) is 0 Å². The van der Waals surface area contributed by atoms with Crippen molar-refractivity contribution in [3.05, 3.63) is 17.8 Å². The summed E-state index contributed by atoms with van der Waals surface area (Å²) in [5.41, 5.74) is 0.264. The Morgan fingerprint density at radius 3 is 2.73 bits per heavy atom. The minimum absolute atomic E-state index is 0.264. The standard InChI is InChI=1S/C9H14N4O2/c1-6(14)5-11-8-4-3-7(12-13-8)9(15)10-2/h3-4,6,14H,5H2,1-2H3,(H,10,15)(H,11,13). The largest absolute Gasteiger partial charge is 0.392 e. The van der Waals surface area contributed by atoms with Crippen LogP contribution in [0.25, 0.3) is 0 Å². The molecule has 0 fully saturated rings. The first-order valence-electron chi connectivity index (χ1n) is 4.61. The molecule has 1 aromatic rings. The van der Waals surface area contributed by atoms with Crippen LogP contribution in [0, 0.1) is 0 Å². The average Bonchev–Trinajstić information content (AvgIpc) is 2.26. The molecule has 0 radical (unpaired) electrons. The Morgan fingerprint density at radius 1 is 1.53 bits per heavy atom. The smallest absolute Gasteiger partial charge is 0.271 e. The molecule has 6 nitrogen and oxygen atoms in total. The first kappa shape index (κ1) is 11.4. The van der Waals surface area contributed by atoms with Crippen molar-refractivity contribution in [2.75, 3.05) is 18.9 Å². The normalized spacial score (nSPS) is 11.9. The number of carbonyl (C=O) groups excluding carboxylic acids is 1. The van der Waals surface area contributed by atoms with Crippen LogP contribution in [0.3, 0.4) is 0 Å². The minimum Gasteiger partial charge on any atom is -0.392 e. The van der Waals surface area contributed by atoms with E-state index in [0.29, 0.717) is 12.4 Å². The lowest BCUT2D eigenvalue weighted by Crippen LogP contribution is -2.20. The van der Waals surface area contributed by atoms with E-state index in [0.717, 1.165) is 0 Å². The van der Waals surface area contributed by atoms with E-state index >= 15 is 0 Å². The molecule has 1 aromatic heterocycles. The molecule has 0 aliphatic rings. The summed E-state index contributed by atoms with van der Waals surface area (Å²) in [6, 6.07) is 3.20. The van der Waals surface area contributed by atoms with Gasteiger partial charge in [0, 0.05) is 13.6 Å². The molecule has 1 atom stereocenters. The number of nitrogens with one attached hydrogen (secondary N) is 2. The lowest BCUT2D eigenvalue weighted by Gasteiger charge is -2.06. The third kappa shape index (κ3) is 3.51. The molecule has 1 unspecified atom stereocenters. The van der Waals surface area contributed by atoms with E-state index < -0.39 is 6.10 Å². The SMILES string of the molecule is CNC(=O)c1ccc(NCC(C)O)nn1. The van der Waals surface area contributed by atoms with Gasteiger partial charge in [0.25, 0.3) is 5.91 Å². The highest BCUT2D eigenvalue weighted by Gasteiger charge is 2.05. The van der Waals surface area contributed by atoms with Gasteiger partial charge in [0.2, 0.25) is 0 Å². The van der Waals surface area contributed by atoms with Gasteiger partial charge in [-0.2, -0.15) is 0 Å². The first-order valence-corrected chi connectivity index (χ1v) is 4.61. The Hall–Kier alpha value is -1.69. The summed E-state index contributed by atoms with van der Waals surface area (Å²) in [6.45, 7) is 2.06. The Balaban J connectivity index is 2.60. The van der Waals surface area contributed by atoms with Gasteiger partial charge in [-0.1, -0.05) is 0 Å². The quantitative estimate of drug-likeness (QED) is 0.631. The van der Waals surface area contributed by atoms with Gasteiger partial charge < -0.3 is 15.7 Å². The zero-order chi connectivity index (χ0) is 11.3. The molecule has 3 N–H and O–H groups in total. The van der Waals surface area contributed by atoms with Crippen molar-refractivity contribution in [1.82, 2.24) is 15.5 Å². The topological polar surface area (TPSA) is 87.1 Å². The number of carbonyl (C=O) groups is 1. The van der Waals surface area contributed by atoms with E-state index in [1.165, 1.54) is 7.05 Å². The summed E-state index contributed by atoms with van der Waals surface area (Å²) < 4.78 is 0. The molecule has 0 saturated carbocycles. The van der Waals surface area contributed by atoms with Crippen LogP contribution in [-0.4, -0.2) is 40.9 Å². The van der Waals surface area contributed by atoms with E-state index in [-0.39, 0.29) is 11.6 Å². The zero-order valence-corrected chi connectivity index (χ0v) is 8.69.